The molecule has 0 fully saturated rings. The number of nitrogen functional groups attached to an aromatic ring is 1. The summed E-state index contributed by atoms with van der Waals surface area (Å²) in [4.78, 5) is 12.1. The maximum atomic E-state index is 12.1. The summed E-state index contributed by atoms with van der Waals surface area (Å²) in [5.41, 5.74) is 7.26. The van der Waals surface area contributed by atoms with Crippen molar-refractivity contribution in [2.75, 3.05) is 16.4 Å². The van der Waals surface area contributed by atoms with E-state index in [4.69, 9.17) is 34.2 Å². The first-order valence-electron chi connectivity index (χ1n) is 6.48. The van der Waals surface area contributed by atoms with Gasteiger partial charge in [-0.15, -0.1) is 0 Å². The minimum absolute atomic E-state index is 0.0899. The van der Waals surface area contributed by atoms with Crippen LogP contribution in [0.25, 0.3) is 0 Å². The molecule has 0 atom stereocenters. The third-order valence-corrected chi connectivity index (χ3v) is 3.58. The molecule has 4 N–H and O–H groups in total. The van der Waals surface area contributed by atoms with Crippen molar-refractivity contribution in [3.63, 3.8) is 0 Å². The van der Waals surface area contributed by atoms with Crippen LogP contribution in [0.5, 0.6) is 0 Å². The smallest absolute Gasteiger partial charge is 0.267 e. The van der Waals surface area contributed by atoms with Gasteiger partial charge in [0.05, 0.1) is 10.0 Å². The van der Waals surface area contributed by atoms with Crippen molar-refractivity contribution < 1.29 is 4.79 Å². The Hall–Kier alpha value is -2.68. The van der Waals surface area contributed by atoms with E-state index in [1.54, 1.807) is 36.4 Å². The van der Waals surface area contributed by atoms with Crippen LogP contribution in [0.3, 0.4) is 0 Å². The number of rotatable bonds is 4. The fraction of sp³-hybridized carbons (Fsp3) is 0. The predicted molar refractivity (Wildman–Crippen MR) is 93.3 cm³/mol. The molecular formula is C16H12Cl2N4O. The van der Waals surface area contributed by atoms with Gasteiger partial charge in [-0.3, -0.25) is 4.79 Å². The van der Waals surface area contributed by atoms with Crippen LogP contribution in [0.15, 0.2) is 54.2 Å². The Kier molecular flexibility index (Phi) is 5.47. The Morgan fingerprint density at radius 3 is 2.35 bits per heavy atom. The first-order valence-corrected chi connectivity index (χ1v) is 7.24. The van der Waals surface area contributed by atoms with Crippen molar-refractivity contribution in [2.24, 2.45) is 0 Å². The second-order valence-corrected chi connectivity index (χ2v) is 5.33. The number of nitriles is 1. The number of carbonyl (C=O) groups excluding carboxylic acids is 1. The molecule has 0 radical (unpaired) electrons. The van der Waals surface area contributed by atoms with E-state index in [-0.39, 0.29) is 5.57 Å². The van der Waals surface area contributed by atoms with Gasteiger partial charge in [-0.25, -0.2) is 0 Å². The quantitative estimate of drug-likeness (QED) is 0.442. The highest BCUT2D eigenvalue weighted by molar-refractivity contribution is 6.42. The third-order valence-electron chi connectivity index (χ3n) is 2.84. The number of halogens is 2. The maximum Gasteiger partial charge on any atom is 0.267 e. The van der Waals surface area contributed by atoms with Crippen molar-refractivity contribution in [1.82, 2.24) is 0 Å². The summed E-state index contributed by atoms with van der Waals surface area (Å²) in [6.07, 6.45) is 1.32. The number of carbonyl (C=O) groups is 1. The zero-order valence-corrected chi connectivity index (χ0v) is 13.3. The fourth-order valence-electron chi connectivity index (χ4n) is 1.66. The molecule has 0 saturated heterocycles. The maximum absolute atomic E-state index is 12.1. The average Bonchev–Trinajstić information content (AvgIpc) is 2.53. The van der Waals surface area contributed by atoms with Crippen LogP contribution < -0.4 is 16.4 Å². The first-order chi connectivity index (χ1) is 11.0. The number of hydrogen-bond acceptors (Lipinski definition) is 4. The summed E-state index contributed by atoms with van der Waals surface area (Å²) in [6, 6.07) is 13.4. The average molecular weight is 347 g/mol. The summed E-state index contributed by atoms with van der Waals surface area (Å²) in [5, 5.41) is 15.2. The lowest BCUT2D eigenvalue weighted by molar-refractivity contribution is -0.112. The van der Waals surface area contributed by atoms with Crippen molar-refractivity contribution in [1.29, 1.82) is 5.26 Å². The minimum Gasteiger partial charge on any atom is -0.399 e. The molecule has 2 aromatic carbocycles. The van der Waals surface area contributed by atoms with Crippen LogP contribution >= 0.6 is 23.2 Å². The molecule has 23 heavy (non-hydrogen) atoms. The lowest BCUT2D eigenvalue weighted by atomic mass is 10.2. The van der Waals surface area contributed by atoms with Gasteiger partial charge in [0.1, 0.15) is 11.6 Å². The standard InChI is InChI=1S/C16H12Cl2N4O/c17-14-6-5-13(7-15(14)18)22-16(23)10(8-19)9-21-12-3-1-11(20)2-4-12/h1-7,9,21H,20H2,(H,22,23)/b10-9-. The SMILES string of the molecule is N#C/C(=C/Nc1ccc(N)cc1)C(=O)Nc1ccc(Cl)c(Cl)c1. The van der Waals surface area contributed by atoms with Crippen LogP contribution in [-0.2, 0) is 4.79 Å². The van der Waals surface area contributed by atoms with Gasteiger partial charge in [-0.2, -0.15) is 5.26 Å². The highest BCUT2D eigenvalue weighted by Gasteiger charge is 2.10. The summed E-state index contributed by atoms with van der Waals surface area (Å²) < 4.78 is 0. The summed E-state index contributed by atoms with van der Waals surface area (Å²) in [7, 11) is 0. The Morgan fingerprint density at radius 2 is 1.74 bits per heavy atom. The molecule has 0 heterocycles. The van der Waals surface area contributed by atoms with Crippen molar-refractivity contribution in [3.8, 4) is 6.07 Å². The van der Waals surface area contributed by atoms with Gasteiger partial charge in [0.15, 0.2) is 0 Å². The molecule has 0 saturated carbocycles. The number of nitrogens with one attached hydrogen (secondary N) is 2. The minimum atomic E-state index is -0.561. The highest BCUT2D eigenvalue weighted by atomic mass is 35.5. The van der Waals surface area contributed by atoms with Crippen LogP contribution in [-0.4, -0.2) is 5.91 Å². The molecule has 0 aliphatic rings. The van der Waals surface area contributed by atoms with Crippen molar-refractivity contribution in [3.05, 3.63) is 64.3 Å². The van der Waals surface area contributed by atoms with E-state index in [0.29, 0.717) is 27.1 Å². The molecular weight excluding hydrogens is 335 g/mol. The molecule has 0 spiro atoms. The van der Waals surface area contributed by atoms with E-state index in [2.05, 4.69) is 10.6 Å². The van der Waals surface area contributed by atoms with Crippen molar-refractivity contribution >= 4 is 46.2 Å². The van der Waals surface area contributed by atoms with E-state index in [9.17, 15) is 4.79 Å². The summed E-state index contributed by atoms with van der Waals surface area (Å²) >= 11 is 11.7. The van der Waals surface area contributed by atoms with Gasteiger partial charge in [0.2, 0.25) is 0 Å². The van der Waals surface area contributed by atoms with Gasteiger partial charge < -0.3 is 16.4 Å². The molecule has 0 bridgehead atoms. The Bertz CT molecular complexity index is 795. The lowest BCUT2D eigenvalue weighted by Gasteiger charge is -2.06. The van der Waals surface area contributed by atoms with Crippen LogP contribution in [0.2, 0.25) is 10.0 Å². The fourth-order valence-corrected chi connectivity index (χ4v) is 1.95. The number of hydrogen-bond donors (Lipinski definition) is 3. The topological polar surface area (TPSA) is 90.9 Å². The predicted octanol–water partition coefficient (Wildman–Crippen LogP) is 4.03. The largest absolute Gasteiger partial charge is 0.399 e. The third kappa shape index (κ3) is 4.65. The van der Waals surface area contributed by atoms with E-state index in [1.165, 1.54) is 12.3 Å². The van der Waals surface area contributed by atoms with Gasteiger partial charge in [0, 0.05) is 23.3 Å². The van der Waals surface area contributed by atoms with Crippen LogP contribution in [0.1, 0.15) is 0 Å². The monoisotopic (exact) mass is 346 g/mol. The summed E-state index contributed by atoms with van der Waals surface area (Å²) in [6.45, 7) is 0. The van der Waals surface area contributed by atoms with E-state index in [0.717, 1.165) is 0 Å². The lowest BCUT2D eigenvalue weighted by Crippen LogP contribution is -2.14. The zero-order valence-electron chi connectivity index (χ0n) is 11.8. The summed E-state index contributed by atoms with van der Waals surface area (Å²) in [5.74, 6) is -0.561. The molecule has 0 aliphatic carbocycles. The van der Waals surface area contributed by atoms with Crippen molar-refractivity contribution in [2.45, 2.75) is 0 Å². The molecule has 0 aliphatic heterocycles. The Balaban J connectivity index is 2.08. The second-order valence-electron chi connectivity index (χ2n) is 4.52. The second kappa shape index (κ2) is 7.54. The number of nitrogens with zero attached hydrogens (tertiary/aromatic N) is 1. The van der Waals surface area contributed by atoms with Crippen LogP contribution in [0, 0.1) is 11.3 Å². The van der Waals surface area contributed by atoms with E-state index < -0.39 is 5.91 Å². The normalized spacial score (nSPS) is 10.7. The molecule has 0 unspecified atom stereocenters. The van der Waals surface area contributed by atoms with Gasteiger partial charge in [-0.05, 0) is 42.5 Å². The Morgan fingerprint density at radius 1 is 1.09 bits per heavy atom. The van der Waals surface area contributed by atoms with Gasteiger partial charge >= 0.3 is 0 Å². The molecule has 116 valence electrons. The molecule has 0 aromatic heterocycles. The number of nitrogens with two attached hydrogens (primary N) is 1. The number of benzene rings is 2. The highest BCUT2D eigenvalue weighted by Crippen LogP contribution is 2.25. The van der Waals surface area contributed by atoms with E-state index >= 15 is 0 Å². The van der Waals surface area contributed by atoms with E-state index in [1.807, 2.05) is 6.07 Å². The molecule has 5 nitrogen and oxygen atoms in total. The zero-order chi connectivity index (χ0) is 16.8. The number of amides is 1. The molecule has 7 heteroatoms. The molecule has 2 rings (SSSR count). The molecule has 1 amide bonds. The first kappa shape index (κ1) is 16.7. The van der Waals surface area contributed by atoms with Crippen LogP contribution in [0.4, 0.5) is 17.1 Å². The number of anilines is 3. The van der Waals surface area contributed by atoms with Gasteiger partial charge in [-0.1, -0.05) is 23.2 Å². The van der Waals surface area contributed by atoms with Gasteiger partial charge in [0.25, 0.3) is 5.91 Å². The molecule has 2 aromatic rings. The Labute approximate surface area is 143 Å².